The summed E-state index contributed by atoms with van der Waals surface area (Å²) < 4.78 is 19.0. The van der Waals surface area contributed by atoms with E-state index in [4.69, 9.17) is 10.5 Å². The van der Waals surface area contributed by atoms with Crippen LogP contribution in [0.25, 0.3) is 0 Å². The van der Waals surface area contributed by atoms with Crippen LogP contribution in [0.15, 0.2) is 48.5 Å². The lowest BCUT2D eigenvalue weighted by Gasteiger charge is -2.05. The predicted octanol–water partition coefficient (Wildman–Crippen LogP) is 2.76. The highest BCUT2D eigenvalue weighted by molar-refractivity contribution is 5.34. The third-order valence-corrected chi connectivity index (χ3v) is 2.74. The molecule has 0 fully saturated rings. The second-order valence-corrected chi connectivity index (χ2v) is 4.26. The molecule has 0 aromatic heterocycles. The number of benzene rings is 2. The molecule has 0 radical (unpaired) electrons. The van der Waals surface area contributed by atoms with Gasteiger partial charge in [0.05, 0.1) is 0 Å². The van der Waals surface area contributed by atoms with Gasteiger partial charge in [0.25, 0.3) is 0 Å². The number of hydrogen-bond donors (Lipinski definition) is 1. The molecule has 102 valence electrons. The van der Waals surface area contributed by atoms with Gasteiger partial charge in [0.15, 0.2) is 11.6 Å². The highest BCUT2D eigenvalue weighted by Crippen LogP contribution is 2.18. The summed E-state index contributed by atoms with van der Waals surface area (Å²) in [5, 5.41) is 0. The van der Waals surface area contributed by atoms with Crippen molar-refractivity contribution in [1.29, 1.82) is 0 Å². The van der Waals surface area contributed by atoms with E-state index in [2.05, 4.69) is 11.8 Å². The maximum Gasteiger partial charge on any atom is 0.165 e. The topological polar surface area (TPSA) is 35.2 Å². The first-order valence-corrected chi connectivity index (χ1v) is 6.45. The fourth-order valence-electron chi connectivity index (χ4n) is 1.76. The van der Waals surface area contributed by atoms with Crippen LogP contribution in [0.5, 0.6) is 5.75 Å². The second-order valence-electron chi connectivity index (χ2n) is 4.26. The number of ether oxygens (including phenoxy) is 1. The molecule has 0 amide bonds. The molecule has 2 N–H and O–H groups in total. The quantitative estimate of drug-likeness (QED) is 0.866. The van der Waals surface area contributed by atoms with Crippen molar-refractivity contribution >= 4 is 0 Å². The van der Waals surface area contributed by atoms with Gasteiger partial charge in [0.2, 0.25) is 0 Å². The summed E-state index contributed by atoms with van der Waals surface area (Å²) in [5.74, 6) is 5.65. The van der Waals surface area contributed by atoms with Gasteiger partial charge in [-0.1, -0.05) is 36.1 Å². The Morgan fingerprint density at radius 1 is 1.10 bits per heavy atom. The Balaban J connectivity index is 1.93. The van der Waals surface area contributed by atoms with Crippen molar-refractivity contribution in [3.8, 4) is 17.6 Å². The van der Waals surface area contributed by atoms with Crippen molar-refractivity contribution in [2.45, 2.75) is 6.42 Å². The molecule has 0 bridgehead atoms. The zero-order chi connectivity index (χ0) is 14.2. The molecule has 0 spiro atoms. The zero-order valence-corrected chi connectivity index (χ0v) is 11.1. The van der Waals surface area contributed by atoms with Crippen LogP contribution >= 0.6 is 0 Å². The van der Waals surface area contributed by atoms with Crippen LogP contribution in [-0.4, -0.2) is 13.2 Å². The Kier molecular flexibility index (Phi) is 5.16. The summed E-state index contributed by atoms with van der Waals surface area (Å²) in [6.45, 7) is 0.657. The molecule has 0 heterocycles. The summed E-state index contributed by atoms with van der Waals surface area (Å²) in [4.78, 5) is 0. The van der Waals surface area contributed by atoms with Crippen LogP contribution in [0.4, 0.5) is 4.39 Å². The largest absolute Gasteiger partial charge is 0.478 e. The fraction of sp³-hybridized carbons (Fsp3) is 0.176. The third kappa shape index (κ3) is 4.11. The van der Waals surface area contributed by atoms with Gasteiger partial charge in [0.1, 0.15) is 6.61 Å². The molecule has 20 heavy (non-hydrogen) atoms. The first-order valence-electron chi connectivity index (χ1n) is 6.45. The maximum absolute atomic E-state index is 13.7. The van der Waals surface area contributed by atoms with Crippen LogP contribution in [0.2, 0.25) is 0 Å². The average molecular weight is 269 g/mol. The van der Waals surface area contributed by atoms with Crippen molar-refractivity contribution in [1.82, 2.24) is 0 Å². The van der Waals surface area contributed by atoms with Crippen LogP contribution in [0.1, 0.15) is 11.1 Å². The summed E-state index contributed by atoms with van der Waals surface area (Å²) in [6.07, 6.45) is 0.658. The van der Waals surface area contributed by atoms with E-state index >= 15 is 0 Å². The van der Waals surface area contributed by atoms with Gasteiger partial charge in [-0.25, -0.2) is 4.39 Å². The molecular weight excluding hydrogens is 253 g/mol. The lowest BCUT2D eigenvalue weighted by atomic mass is 10.1. The van der Waals surface area contributed by atoms with Crippen LogP contribution in [-0.2, 0) is 6.42 Å². The first-order chi connectivity index (χ1) is 9.79. The molecular formula is C17H16FNO. The third-order valence-electron chi connectivity index (χ3n) is 2.74. The zero-order valence-electron chi connectivity index (χ0n) is 11.1. The maximum atomic E-state index is 13.7. The molecule has 0 saturated carbocycles. The van der Waals surface area contributed by atoms with Crippen LogP contribution in [0.3, 0.4) is 0 Å². The molecule has 2 aromatic carbocycles. The molecule has 2 rings (SSSR count). The van der Waals surface area contributed by atoms with Gasteiger partial charge >= 0.3 is 0 Å². The van der Waals surface area contributed by atoms with Gasteiger partial charge in [-0.05, 0) is 42.8 Å². The number of hydrogen-bond acceptors (Lipinski definition) is 2. The minimum atomic E-state index is -0.377. The van der Waals surface area contributed by atoms with Gasteiger partial charge in [0, 0.05) is 5.56 Å². The smallest absolute Gasteiger partial charge is 0.165 e. The van der Waals surface area contributed by atoms with E-state index in [9.17, 15) is 4.39 Å². The van der Waals surface area contributed by atoms with Gasteiger partial charge in [-0.15, -0.1) is 0 Å². The van der Waals surface area contributed by atoms with E-state index in [1.807, 2.05) is 36.4 Å². The molecule has 0 aliphatic rings. The Labute approximate surface area is 118 Å². The van der Waals surface area contributed by atoms with Crippen LogP contribution < -0.4 is 10.5 Å². The SMILES string of the molecule is NCCc1ccc(OCC#Cc2ccccc2)c(F)c1. The van der Waals surface area contributed by atoms with E-state index in [-0.39, 0.29) is 18.2 Å². The van der Waals surface area contributed by atoms with E-state index in [1.54, 1.807) is 6.07 Å². The Morgan fingerprint density at radius 2 is 1.90 bits per heavy atom. The average Bonchev–Trinajstić information content (AvgIpc) is 2.47. The molecule has 0 saturated heterocycles. The minimum absolute atomic E-state index is 0.155. The van der Waals surface area contributed by atoms with Gasteiger partial charge < -0.3 is 10.5 Å². The number of halogens is 1. The van der Waals surface area contributed by atoms with E-state index in [1.165, 1.54) is 6.07 Å². The van der Waals surface area contributed by atoms with Crippen LogP contribution in [0, 0.1) is 17.7 Å². The Bertz CT molecular complexity index is 614. The highest BCUT2D eigenvalue weighted by atomic mass is 19.1. The molecule has 0 atom stereocenters. The molecule has 0 unspecified atom stereocenters. The Hall–Kier alpha value is -2.31. The molecule has 2 aromatic rings. The summed E-state index contributed by atoms with van der Waals surface area (Å²) in [6, 6.07) is 14.5. The van der Waals surface area contributed by atoms with E-state index < -0.39 is 0 Å². The molecule has 3 heteroatoms. The summed E-state index contributed by atoms with van der Waals surface area (Å²) >= 11 is 0. The highest BCUT2D eigenvalue weighted by Gasteiger charge is 2.03. The molecule has 0 aliphatic heterocycles. The lowest BCUT2D eigenvalue weighted by Crippen LogP contribution is -2.03. The molecule has 2 nitrogen and oxygen atoms in total. The van der Waals surface area contributed by atoms with Crippen molar-refractivity contribution < 1.29 is 9.13 Å². The predicted molar refractivity (Wildman–Crippen MR) is 78.0 cm³/mol. The standard InChI is InChI=1S/C17H16FNO/c18-16-13-15(10-11-19)8-9-17(16)20-12-4-7-14-5-2-1-3-6-14/h1-3,5-6,8-9,13H,10-12,19H2. The normalized spacial score (nSPS) is 9.70. The van der Waals surface area contributed by atoms with E-state index in [0.717, 1.165) is 11.1 Å². The van der Waals surface area contributed by atoms with Gasteiger partial charge in [-0.2, -0.15) is 0 Å². The van der Waals surface area contributed by atoms with Crippen molar-refractivity contribution in [2.24, 2.45) is 5.73 Å². The van der Waals surface area contributed by atoms with Crippen molar-refractivity contribution in [3.05, 3.63) is 65.5 Å². The number of rotatable bonds is 4. The number of nitrogens with two attached hydrogens (primary N) is 1. The second kappa shape index (κ2) is 7.32. The van der Waals surface area contributed by atoms with Crippen molar-refractivity contribution in [2.75, 3.05) is 13.2 Å². The van der Waals surface area contributed by atoms with E-state index in [0.29, 0.717) is 13.0 Å². The fourth-order valence-corrected chi connectivity index (χ4v) is 1.76. The van der Waals surface area contributed by atoms with Crippen molar-refractivity contribution in [3.63, 3.8) is 0 Å². The first kappa shape index (κ1) is 14.1. The minimum Gasteiger partial charge on any atom is -0.478 e. The lowest BCUT2D eigenvalue weighted by molar-refractivity contribution is 0.348. The monoisotopic (exact) mass is 269 g/mol. The van der Waals surface area contributed by atoms with Gasteiger partial charge in [-0.3, -0.25) is 0 Å². The summed E-state index contributed by atoms with van der Waals surface area (Å²) in [5.41, 5.74) is 7.21. The Morgan fingerprint density at radius 3 is 2.60 bits per heavy atom. The summed E-state index contributed by atoms with van der Waals surface area (Å²) in [7, 11) is 0. The molecule has 0 aliphatic carbocycles.